The second kappa shape index (κ2) is 14.2. The average molecular weight is 450 g/mol. The first kappa shape index (κ1) is 25.4. The number of rotatable bonds is 16. The lowest BCUT2D eigenvalue weighted by atomic mass is 10.1. The molecule has 2 rings (SSSR count). The number of unbranched alkanes of at least 4 members (excludes halogenated alkanes) is 10. The van der Waals surface area contributed by atoms with Gasteiger partial charge in [0.15, 0.2) is 0 Å². The maximum Gasteiger partial charge on any atom is 0.349 e. The number of thiophene rings is 1. The van der Waals surface area contributed by atoms with E-state index in [-0.39, 0.29) is 11.9 Å². The van der Waals surface area contributed by atoms with E-state index >= 15 is 0 Å². The van der Waals surface area contributed by atoms with E-state index in [0.29, 0.717) is 27.2 Å². The van der Waals surface area contributed by atoms with Crippen molar-refractivity contribution >= 4 is 33.5 Å². The van der Waals surface area contributed by atoms with E-state index in [4.69, 9.17) is 4.42 Å². The number of hydrogen-bond donors (Lipinski definition) is 2. The van der Waals surface area contributed by atoms with E-state index in [1.807, 2.05) is 0 Å². The van der Waals surface area contributed by atoms with E-state index in [9.17, 15) is 9.59 Å². The third-order valence-electron chi connectivity index (χ3n) is 5.55. The van der Waals surface area contributed by atoms with Crippen molar-refractivity contribution in [1.82, 2.24) is 10.3 Å². The standard InChI is InChI=1S/C24H39N3O3S/c1-4-6-8-10-12-14-16-25-21(28)20-18(3)19-22(31-20)27-24(30-23(19)29)26-17-15-13-11-9-7-5-2/h4-17H2,1-3H3,(H,25,28)(H,26,27). The molecule has 1 amide bonds. The highest BCUT2D eigenvalue weighted by atomic mass is 32.1. The molecule has 0 aliphatic rings. The van der Waals surface area contributed by atoms with Crippen LogP contribution in [0.1, 0.15) is 106 Å². The van der Waals surface area contributed by atoms with Crippen LogP contribution in [0.3, 0.4) is 0 Å². The van der Waals surface area contributed by atoms with Crippen molar-refractivity contribution in [1.29, 1.82) is 0 Å². The minimum Gasteiger partial charge on any atom is -0.389 e. The van der Waals surface area contributed by atoms with Crippen molar-refractivity contribution in [3.8, 4) is 0 Å². The van der Waals surface area contributed by atoms with Gasteiger partial charge in [-0.05, 0) is 25.3 Å². The van der Waals surface area contributed by atoms with Gasteiger partial charge in [0, 0.05) is 13.1 Å². The summed E-state index contributed by atoms with van der Waals surface area (Å²) in [6.07, 6.45) is 14.3. The smallest absolute Gasteiger partial charge is 0.349 e. The van der Waals surface area contributed by atoms with Crippen LogP contribution in [0.15, 0.2) is 9.21 Å². The third-order valence-corrected chi connectivity index (χ3v) is 6.74. The predicted octanol–water partition coefficient (Wildman–Crippen LogP) is 6.42. The Morgan fingerprint density at radius 2 is 1.48 bits per heavy atom. The molecule has 0 aliphatic heterocycles. The van der Waals surface area contributed by atoms with E-state index in [1.54, 1.807) is 6.92 Å². The fraction of sp³-hybridized carbons (Fsp3) is 0.708. The maximum atomic E-state index is 12.6. The number of carbonyl (C=O) groups excluding carboxylic acids is 1. The van der Waals surface area contributed by atoms with Crippen LogP contribution in [0.25, 0.3) is 10.2 Å². The number of fused-ring (bicyclic) bond motifs is 1. The van der Waals surface area contributed by atoms with Gasteiger partial charge in [0.1, 0.15) is 10.2 Å². The van der Waals surface area contributed by atoms with Crippen molar-refractivity contribution < 1.29 is 9.21 Å². The fourth-order valence-electron chi connectivity index (χ4n) is 3.65. The first-order valence-corrected chi connectivity index (χ1v) is 12.9. The summed E-state index contributed by atoms with van der Waals surface area (Å²) < 4.78 is 5.35. The van der Waals surface area contributed by atoms with E-state index in [1.165, 1.54) is 62.7 Å². The minimum atomic E-state index is -0.431. The number of anilines is 1. The molecule has 7 heteroatoms. The zero-order valence-electron chi connectivity index (χ0n) is 19.5. The quantitative estimate of drug-likeness (QED) is 0.289. The molecule has 0 spiro atoms. The highest BCUT2D eigenvalue weighted by Crippen LogP contribution is 2.28. The number of nitrogens with zero attached hydrogens (tertiary/aromatic N) is 1. The lowest BCUT2D eigenvalue weighted by Crippen LogP contribution is -2.24. The van der Waals surface area contributed by atoms with Crippen LogP contribution >= 0.6 is 11.3 Å². The summed E-state index contributed by atoms with van der Waals surface area (Å²) in [4.78, 5) is 30.6. The summed E-state index contributed by atoms with van der Waals surface area (Å²) >= 11 is 1.26. The SMILES string of the molecule is CCCCCCCCNC(=O)c1sc2nc(NCCCCCCCC)oc(=O)c2c1C. The molecule has 0 saturated heterocycles. The minimum absolute atomic E-state index is 0.130. The highest BCUT2D eigenvalue weighted by molar-refractivity contribution is 7.20. The van der Waals surface area contributed by atoms with Crippen LogP contribution in [0.4, 0.5) is 6.01 Å². The molecule has 2 aromatic heterocycles. The number of aromatic nitrogens is 1. The lowest BCUT2D eigenvalue weighted by molar-refractivity contribution is 0.0956. The Kier molecular flexibility index (Phi) is 11.6. The Bertz CT molecular complexity index is 860. The van der Waals surface area contributed by atoms with Gasteiger partial charge in [-0.3, -0.25) is 4.79 Å². The van der Waals surface area contributed by atoms with Gasteiger partial charge < -0.3 is 15.1 Å². The topological polar surface area (TPSA) is 84.2 Å². The molecule has 0 bridgehead atoms. The summed E-state index contributed by atoms with van der Waals surface area (Å²) in [7, 11) is 0. The van der Waals surface area contributed by atoms with Crippen LogP contribution in [-0.4, -0.2) is 24.0 Å². The monoisotopic (exact) mass is 449 g/mol. The van der Waals surface area contributed by atoms with Gasteiger partial charge in [-0.25, -0.2) is 4.79 Å². The van der Waals surface area contributed by atoms with Crippen LogP contribution in [0.2, 0.25) is 0 Å². The molecular formula is C24H39N3O3S. The zero-order valence-corrected chi connectivity index (χ0v) is 20.3. The number of carbonyl (C=O) groups is 1. The molecule has 0 fully saturated rings. The summed E-state index contributed by atoms with van der Waals surface area (Å²) in [5.41, 5.74) is 0.225. The zero-order chi connectivity index (χ0) is 22.5. The fourth-order valence-corrected chi connectivity index (χ4v) is 4.73. The van der Waals surface area contributed by atoms with Crippen molar-refractivity contribution in [2.75, 3.05) is 18.4 Å². The van der Waals surface area contributed by atoms with Gasteiger partial charge in [-0.15, -0.1) is 11.3 Å². The largest absolute Gasteiger partial charge is 0.389 e. The second-order valence-electron chi connectivity index (χ2n) is 8.26. The molecule has 6 nitrogen and oxygen atoms in total. The number of hydrogen-bond acceptors (Lipinski definition) is 6. The van der Waals surface area contributed by atoms with E-state index < -0.39 is 5.63 Å². The van der Waals surface area contributed by atoms with Crippen LogP contribution < -0.4 is 16.3 Å². The first-order chi connectivity index (χ1) is 15.1. The van der Waals surface area contributed by atoms with Crippen molar-refractivity contribution in [2.45, 2.75) is 97.8 Å². The van der Waals surface area contributed by atoms with Gasteiger partial charge in [0.2, 0.25) is 0 Å². The number of nitrogens with one attached hydrogen (secondary N) is 2. The Morgan fingerprint density at radius 1 is 0.903 bits per heavy atom. The molecule has 0 radical (unpaired) electrons. The van der Waals surface area contributed by atoms with Crippen molar-refractivity contribution in [3.63, 3.8) is 0 Å². The van der Waals surface area contributed by atoms with Crippen LogP contribution in [-0.2, 0) is 0 Å². The van der Waals surface area contributed by atoms with E-state index in [2.05, 4.69) is 29.5 Å². The van der Waals surface area contributed by atoms with Gasteiger partial charge >= 0.3 is 5.63 Å². The highest BCUT2D eigenvalue weighted by Gasteiger charge is 2.20. The van der Waals surface area contributed by atoms with Crippen LogP contribution in [0, 0.1) is 6.92 Å². The lowest BCUT2D eigenvalue weighted by Gasteiger charge is -2.04. The van der Waals surface area contributed by atoms with Gasteiger partial charge in [0.25, 0.3) is 11.9 Å². The molecule has 2 aromatic rings. The Hall–Kier alpha value is -1.89. The molecular weight excluding hydrogens is 410 g/mol. The van der Waals surface area contributed by atoms with Gasteiger partial charge in [-0.1, -0.05) is 78.1 Å². The Balaban J connectivity index is 1.88. The molecule has 0 atom stereocenters. The number of aryl methyl sites for hydroxylation is 1. The normalized spacial score (nSPS) is 11.2. The molecule has 31 heavy (non-hydrogen) atoms. The van der Waals surface area contributed by atoms with Crippen molar-refractivity contribution in [2.24, 2.45) is 0 Å². The average Bonchev–Trinajstić information content (AvgIpc) is 3.09. The summed E-state index contributed by atoms with van der Waals surface area (Å²) in [5, 5.41) is 6.52. The summed E-state index contributed by atoms with van der Waals surface area (Å²) in [6.45, 7) is 7.59. The number of amides is 1. The Morgan fingerprint density at radius 3 is 2.13 bits per heavy atom. The Labute approximate surface area is 190 Å². The molecule has 0 aromatic carbocycles. The predicted molar refractivity (Wildman–Crippen MR) is 130 cm³/mol. The molecule has 0 aliphatic carbocycles. The second-order valence-corrected chi connectivity index (χ2v) is 9.26. The third kappa shape index (κ3) is 8.28. The molecule has 0 saturated carbocycles. The molecule has 0 unspecified atom stereocenters. The summed E-state index contributed by atoms with van der Waals surface area (Å²) in [5.74, 6) is -0.130. The molecule has 2 N–H and O–H groups in total. The van der Waals surface area contributed by atoms with Gasteiger partial charge in [0.05, 0.1) is 4.88 Å². The molecule has 174 valence electrons. The maximum absolute atomic E-state index is 12.6. The van der Waals surface area contributed by atoms with Gasteiger partial charge in [-0.2, -0.15) is 4.98 Å². The molecule has 2 heterocycles. The van der Waals surface area contributed by atoms with Crippen molar-refractivity contribution in [3.05, 3.63) is 20.9 Å². The summed E-state index contributed by atoms with van der Waals surface area (Å²) in [6, 6.07) is 0.242. The van der Waals surface area contributed by atoms with Crippen LogP contribution in [0.5, 0.6) is 0 Å². The van der Waals surface area contributed by atoms with E-state index in [0.717, 1.165) is 32.2 Å². The first-order valence-electron chi connectivity index (χ1n) is 12.0.